The molecule has 1 heterocycles. The second kappa shape index (κ2) is 6.00. The fraction of sp³-hybridized carbons (Fsp3) is 0.429. The smallest absolute Gasteiger partial charge is 0.248 e. The van der Waals surface area contributed by atoms with Crippen LogP contribution >= 0.6 is 0 Å². The van der Waals surface area contributed by atoms with Crippen LogP contribution in [0.3, 0.4) is 0 Å². The van der Waals surface area contributed by atoms with Crippen LogP contribution in [0.1, 0.15) is 23.2 Å². The van der Waals surface area contributed by atoms with Crippen molar-refractivity contribution in [3.05, 3.63) is 29.6 Å². The molecule has 0 spiro atoms. The summed E-state index contributed by atoms with van der Waals surface area (Å²) in [6.45, 7) is 1.70. The van der Waals surface area contributed by atoms with Crippen molar-refractivity contribution in [2.45, 2.75) is 12.8 Å². The maximum absolute atomic E-state index is 13.6. The van der Waals surface area contributed by atoms with Gasteiger partial charge in [-0.3, -0.25) is 9.59 Å². The number of nitrogens with one attached hydrogen (secondary N) is 1. The molecule has 1 aromatic rings. The first-order valence-corrected chi connectivity index (χ1v) is 6.56. The molecule has 2 rings (SSSR count). The summed E-state index contributed by atoms with van der Waals surface area (Å²) in [5.74, 6) is -1.56. The van der Waals surface area contributed by atoms with Gasteiger partial charge in [0.2, 0.25) is 11.8 Å². The van der Waals surface area contributed by atoms with Crippen molar-refractivity contribution in [3.63, 3.8) is 0 Å². The largest absolute Gasteiger partial charge is 0.366 e. The van der Waals surface area contributed by atoms with Crippen LogP contribution in [0, 0.1) is 11.7 Å². The lowest BCUT2D eigenvalue weighted by Gasteiger charge is -2.28. The molecular weight excluding hydrogens is 261 g/mol. The number of nitrogens with two attached hydrogens (primary N) is 1. The summed E-state index contributed by atoms with van der Waals surface area (Å²) in [6.07, 6.45) is 1.50. The molecule has 1 aliphatic rings. The zero-order valence-corrected chi connectivity index (χ0v) is 11.4. The van der Waals surface area contributed by atoms with Gasteiger partial charge in [-0.25, -0.2) is 4.39 Å². The number of benzene rings is 1. The number of amides is 2. The Labute approximate surface area is 116 Å². The van der Waals surface area contributed by atoms with E-state index in [1.807, 2.05) is 7.05 Å². The number of nitrogens with zero attached hydrogens (tertiary/aromatic N) is 1. The summed E-state index contributed by atoms with van der Waals surface area (Å²) in [5, 5.41) is 2.55. The van der Waals surface area contributed by atoms with E-state index in [0.29, 0.717) is 0 Å². The molecule has 20 heavy (non-hydrogen) atoms. The van der Waals surface area contributed by atoms with Gasteiger partial charge >= 0.3 is 0 Å². The first-order valence-electron chi connectivity index (χ1n) is 6.56. The van der Waals surface area contributed by atoms with Crippen LogP contribution in [0.4, 0.5) is 10.1 Å². The van der Waals surface area contributed by atoms with Crippen molar-refractivity contribution in [1.82, 2.24) is 4.90 Å². The van der Waals surface area contributed by atoms with E-state index in [0.717, 1.165) is 32.0 Å². The van der Waals surface area contributed by atoms with Crippen molar-refractivity contribution >= 4 is 17.5 Å². The van der Waals surface area contributed by atoms with E-state index >= 15 is 0 Å². The number of carbonyl (C=O) groups excluding carboxylic acids is 2. The summed E-state index contributed by atoms with van der Waals surface area (Å²) in [7, 11) is 2.00. The monoisotopic (exact) mass is 279 g/mol. The van der Waals surface area contributed by atoms with Gasteiger partial charge in [0.1, 0.15) is 5.82 Å². The highest BCUT2D eigenvalue weighted by Gasteiger charge is 2.24. The fourth-order valence-electron chi connectivity index (χ4n) is 2.28. The molecule has 0 aliphatic carbocycles. The lowest BCUT2D eigenvalue weighted by atomic mass is 9.96. The van der Waals surface area contributed by atoms with Crippen LogP contribution < -0.4 is 11.1 Å². The van der Waals surface area contributed by atoms with Crippen LogP contribution in [0.2, 0.25) is 0 Å². The highest BCUT2D eigenvalue weighted by atomic mass is 19.1. The van der Waals surface area contributed by atoms with Gasteiger partial charge in [-0.15, -0.1) is 0 Å². The molecule has 0 unspecified atom stereocenters. The zero-order valence-electron chi connectivity index (χ0n) is 11.4. The Bertz CT molecular complexity index is 525. The van der Waals surface area contributed by atoms with Crippen molar-refractivity contribution < 1.29 is 14.0 Å². The summed E-state index contributed by atoms with van der Waals surface area (Å²) < 4.78 is 13.6. The molecule has 6 heteroatoms. The zero-order chi connectivity index (χ0) is 14.7. The van der Waals surface area contributed by atoms with Gasteiger partial charge in [-0.1, -0.05) is 0 Å². The lowest BCUT2D eigenvalue weighted by molar-refractivity contribution is -0.121. The number of anilines is 1. The van der Waals surface area contributed by atoms with E-state index in [2.05, 4.69) is 10.2 Å². The number of likely N-dealkylation sites (tertiary alicyclic amines) is 1. The second-order valence-corrected chi connectivity index (χ2v) is 5.13. The Morgan fingerprint density at radius 2 is 2.00 bits per heavy atom. The number of halogens is 1. The quantitative estimate of drug-likeness (QED) is 0.873. The Hall–Kier alpha value is -1.95. The molecule has 0 radical (unpaired) electrons. The normalized spacial score (nSPS) is 16.9. The molecule has 1 aliphatic heterocycles. The van der Waals surface area contributed by atoms with Gasteiger partial charge in [0.05, 0.1) is 5.69 Å². The molecule has 5 nitrogen and oxygen atoms in total. The fourth-order valence-corrected chi connectivity index (χ4v) is 2.28. The van der Waals surface area contributed by atoms with E-state index in [1.54, 1.807) is 0 Å². The SMILES string of the molecule is CN1CCC(C(=O)Nc2cc(C(N)=O)ccc2F)CC1. The number of piperidine rings is 1. The van der Waals surface area contributed by atoms with Crippen LogP contribution in [0.15, 0.2) is 18.2 Å². The molecule has 1 fully saturated rings. The molecule has 2 amide bonds. The minimum atomic E-state index is -0.653. The van der Waals surface area contributed by atoms with Gasteiger partial charge in [-0.05, 0) is 51.2 Å². The van der Waals surface area contributed by atoms with Gasteiger partial charge in [-0.2, -0.15) is 0 Å². The van der Waals surface area contributed by atoms with E-state index in [4.69, 9.17) is 5.73 Å². The average Bonchev–Trinajstić information content (AvgIpc) is 2.41. The Morgan fingerprint density at radius 1 is 1.35 bits per heavy atom. The number of hydrogen-bond acceptors (Lipinski definition) is 3. The first-order chi connectivity index (χ1) is 9.47. The van der Waals surface area contributed by atoms with Gasteiger partial charge in [0.25, 0.3) is 0 Å². The molecule has 1 aromatic carbocycles. The Balaban J connectivity index is 2.07. The average molecular weight is 279 g/mol. The van der Waals surface area contributed by atoms with Crippen molar-refractivity contribution in [1.29, 1.82) is 0 Å². The third-order valence-electron chi connectivity index (χ3n) is 3.60. The van der Waals surface area contributed by atoms with Crippen molar-refractivity contribution in [3.8, 4) is 0 Å². The highest BCUT2D eigenvalue weighted by Crippen LogP contribution is 2.21. The molecule has 108 valence electrons. The molecule has 0 atom stereocenters. The third kappa shape index (κ3) is 3.33. The summed E-state index contributed by atoms with van der Waals surface area (Å²) >= 11 is 0. The third-order valence-corrected chi connectivity index (χ3v) is 3.60. The van der Waals surface area contributed by atoms with Crippen LogP contribution in [0.25, 0.3) is 0 Å². The van der Waals surface area contributed by atoms with E-state index in [9.17, 15) is 14.0 Å². The topological polar surface area (TPSA) is 75.4 Å². The maximum Gasteiger partial charge on any atom is 0.248 e. The summed E-state index contributed by atoms with van der Waals surface area (Å²) in [5.41, 5.74) is 5.32. The second-order valence-electron chi connectivity index (χ2n) is 5.13. The minimum absolute atomic E-state index is 0.00484. The molecule has 0 saturated carbocycles. The minimum Gasteiger partial charge on any atom is -0.366 e. The predicted octanol–water partition coefficient (Wildman–Crippen LogP) is 1.20. The number of rotatable bonds is 3. The summed E-state index contributed by atoms with van der Waals surface area (Å²) in [4.78, 5) is 25.3. The van der Waals surface area contributed by atoms with E-state index < -0.39 is 11.7 Å². The number of primary amides is 1. The van der Waals surface area contributed by atoms with Crippen LogP contribution in [0.5, 0.6) is 0 Å². The molecule has 0 aromatic heterocycles. The standard InChI is InChI=1S/C14H18FN3O2/c1-18-6-4-9(5-7-18)14(20)17-12-8-10(13(16)19)2-3-11(12)15/h2-3,8-9H,4-7H2,1H3,(H2,16,19)(H,17,20). The van der Waals surface area contributed by atoms with Gasteiger partial charge < -0.3 is 16.0 Å². The van der Waals surface area contributed by atoms with Gasteiger partial charge in [0, 0.05) is 11.5 Å². The summed E-state index contributed by atoms with van der Waals surface area (Å²) in [6, 6.07) is 3.69. The number of carbonyl (C=O) groups is 2. The lowest BCUT2D eigenvalue weighted by Crippen LogP contribution is -2.36. The predicted molar refractivity (Wildman–Crippen MR) is 73.8 cm³/mol. The van der Waals surface area contributed by atoms with Crippen molar-refractivity contribution in [2.24, 2.45) is 11.7 Å². The van der Waals surface area contributed by atoms with Crippen molar-refractivity contribution in [2.75, 3.05) is 25.5 Å². The van der Waals surface area contributed by atoms with Gasteiger partial charge in [0.15, 0.2) is 0 Å². The molecular formula is C14H18FN3O2. The van der Waals surface area contributed by atoms with E-state index in [1.165, 1.54) is 12.1 Å². The molecule has 0 bridgehead atoms. The Kier molecular flexibility index (Phi) is 4.34. The highest BCUT2D eigenvalue weighted by molar-refractivity contribution is 5.97. The van der Waals surface area contributed by atoms with Crippen LogP contribution in [-0.4, -0.2) is 36.9 Å². The first kappa shape index (κ1) is 14.5. The maximum atomic E-state index is 13.6. The van der Waals surface area contributed by atoms with E-state index in [-0.39, 0.29) is 23.1 Å². The molecule has 3 N–H and O–H groups in total. The van der Waals surface area contributed by atoms with Crippen LogP contribution in [-0.2, 0) is 4.79 Å². The molecule has 1 saturated heterocycles. The Morgan fingerprint density at radius 3 is 2.60 bits per heavy atom. The number of hydrogen-bond donors (Lipinski definition) is 2.